The van der Waals surface area contributed by atoms with Crippen LogP contribution in [0, 0.1) is 3.57 Å². The molecule has 0 saturated carbocycles. The molecule has 1 rings (SSSR count). The largest absolute Gasteiger partial charge is 0.412 e. The molecule has 1 amide bonds. The lowest BCUT2D eigenvalue weighted by atomic mass is 10.0. The molecule has 0 radical (unpaired) electrons. The Bertz CT molecular complexity index is 411. The van der Waals surface area contributed by atoms with E-state index in [4.69, 9.17) is 9.47 Å². The van der Waals surface area contributed by atoms with Gasteiger partial charge < -0.3 is 14.8 Å². The summed E-state index contributed by atoms with van der Waals surface area (Å²) in [5, 5.41) is 2.46. The van der Waals surface area contributed by atoms with Gasteiger partial charge in [0.25, 0.3) is 0 Å². The molecule has 0 aliphatic rings. The monoisotopic (exact) mass is 363 g/mol. The molecule has 18 heavy (non-hydrogen) atoms. The molecule has 4 nitrogen and oxygen atoms in total. The first kappa shape index (κ1) is 15.2. The molecule has 100 valence electrons. The van der Waals surface area contributed by atoms with Crippen LogP contribution < -0.4 is 5.32 Å². The van der Waals surface area contributed by atoms with Gasteiger partial charge in [0, 0.05) is 29.7 Å². The number of alkyl carbamates (subject to hydrolysis) is 1. The molecule has 1 atom stereocenters. The van der Waals surface area contributed by atoms with E-state index in [1.807, 2.05) is 31.2 Å². The van der Waals surface area contributed by atoms with Gasteiger partial charge in [-0.2, -0.15) is 0 Å². The van der Waals surface area contributed by atoms with E-state index in [0.29, 0.717) is 6.42 Å². The normalized spacial score (nSPS) is 13.8. The van der Waals surface area contributed by atoms with Gasteiger partial charge in [0.2, 0.25) is 5.79 Å². The van der Waals surface area contributed by atoms with Crippen LogP contribution in [0.15, 0.2) is 24.3 Å². The number of halogens is 1. The van der Waals surface area contributed by atoms with Crippen molar-refractivity contribution in [3.63, 3.8) is 0 Å². The van der Waals surface area contributed by atoms with Gasteiger partial charge in [-0.05, 0) is 35.1 Å². The van der Waals surface area contributed by atoms with Crippen LogP contribution in [-0.2, 0) is 15.3 Å². The molecule has 0 aliphatic heterocycles. The number of benzene rings is 1. The molecular formula is C13H18INO3. The first-order valence-electron chi connectivity index (χ1n) is 5.80. The van der Waals surface area contributed by atoms with Crippen molar-refractivity contribution in [3.8, 4) is 0 Å². The number of carbonyl (C=O) groups is 1. The lowest BCUT2D eigenvalue weighted by Gasteiger charge is -2.32. The van der Waals surface area contributed by atoms with Crippen LogP contribution in [0.5, 0.6) is 0 Å². The van der Waals surface area contributed by atoms with Gasteiger partial charge in [-0.3, -0.25) is 0 Å². The Morgan fingerprint density at radius 3 is 2.61 bits per heavy atom. The van der Waals surface area contributed by atoms with E-state index in [-0.39, 0.29) is 0 Å². The van der Waals surface area contributed by atoms with Crippen molar-refractivity contribution < 1.29 is 14.3 Å². The molecular weight excluding hydrogens is 345 g/mol. The molecule has 0 bridgehead atoms. The van der Waals surface area contributed by atoms with E-state index in [9.17, 15) is 4.79 Å². The Hall–Kier alpha value is -0.820. The van der Waals surface area contributed by atoms with E-state index in [1.54, 1.807) is 7.11 Å². The number of ether oxygens (including phenoxy) is 2. The zero-order valence-electron chi connectivity index (χ0n) is 10.8. The zero-order valence-corrected chi connectivity index (χ0v) is 13.0. The first-order valence-corrected chi connectivity index (χ1v) is 6.88. The van der Waals surface area contributed by atoms with Crippen molar-refractivity contribution in [1.82, 2.24) is 5.32 Å². The number of amides is 1. The van der Waals surface area contributed by atoms with Gasteiger partial charge in [0.05, 0.1) is 0 Å². The second kappa shape index (κ2) is 6.94. The molecule has 0 heterocycles. The van der Waals surface area contributed by atoms with Crippen molar-refractivity contribution in [1.29, 1.82) is 0 Å². The third kappa shape index (κ3) is 3.35. The molecule has 0 fully saturated rings. The fraction of sp³-hybridized carbons (Fsp3) is 0.462. The highest BCUT2D eigenvalue weighted by atomic mass is 127. The Morgan fingerprint density at radius 2 is 2.11 bits per heavy atom. The standard InChI is InChI=1S/C13H18INO3/c1-4-9-13(17-3,18-12(16)15-2)10-7-5-6-8-11(10)14/h5-8H,4,9H2,1-3H3,(H,15,16)/t13-/m0/s1. The average Bonchev–Trinajstić information content (AvgIpc) is 2.38. The van der Waals surface area contributed by atoms with E-state index in [1.165, 1.54) is 7.05 Å². The second-order valence-corrected chi connectivity index (χ2v) is 4.99. The molecule has 1 aromatic rings. The van der Waals surface area contributed by atoms with Crippen LogP contribution >= 0.6 is 22.6 Å². The lowest BCUT2D eigenvalue weighted by Crippen LogP contribution is -2.38. The van der Waals surface area contributed by atoms with Gasteiger partial charge in [-0.25, -0.2) is 4.79 Å². The summed E-state index contributed by atoms with van der Waals surface area (Å²) >= 11 is 2.22. The minimum atomic E-state index is -1.02. The molecule has 1 N–H and O–H groups in total. The Kier molecular flexibility index (Phi) is 5.87. The number of hydrogen-bond acceptors (Lipinski definition) is 3. The number of methoxy groups -OCH3 is 1. The Labute approximate surface area is 121 Å². The topological polar surface area (TPSA) is 47.6 Å². The minimum absolute atomic E-state index is 0.495. The molecule has 0 spiro atoms. The van der Waals surface area contributed by atoms with E-state index in [0.717, 1.165) is 15.6 Å². The molecule has 0 aromatic heterocycles. The van der Waals surface area contributed by atoms with Gasteiger partial charge in [-0.15, -0.1) is 0 Å². The number of rotatable bonds is 5. The maximum atomic E-state index is 11.5. The third-order valence-electron chi connectivity index (χ3n) is 2.65. The van der Waals surface area contributed by atoms with Gasteiger partial charge in [0.15, 0.2) is 0 Å². The summed E-state index contributed by atoms with van der Waals surface area (Å²) in [6, 6.07) is 7.74. The fourth-order valence-corrected chi connectivity index (χ4v) is 2.59. The highest BCUT2D eigenvalue weighted by Gasteiger charge is 2.37. The van der Waals surface area contributed by atoms with Crippen LogP contribution in [0.25, 0.3) is 0 Å². The summed E-state index contributed by atoms with van der Waals surface area (Å²) in [7, 11) is 3.09. The minimum Gasteiger partial charge on any atom is -0.412 e. The summed E-state index contributed by atoms with van der Waals surface area (Å²) in [5.41, 5.74) is 0.874. The summed E-state index contributed by atoms with van der Waals surface area (Å²) in [6.07, 6.45) is 0.956. The van der Waals surface area contributed by atoms with Gasteiger partial charge in [-0.1, -0.05) is 25.1 Å². The predicted octanol–water partition coefficient (Wildman–Crippen LogP) is 3.25. The maximum Gasteiger partial charge on any atom is 0.409 e. The average molecular weight is 363 g/mol. The number of hydrogen-bond donors (Lipinski definition) is 1. The predicted molar refractivity (Wildman–Crippen MR) is 78.3 cm³/mol. The highest BCUT2D eigenvalue weighted by Crippen LogP contribution is 2.34. The van der Waals surface area contributed by atoms with Gasteiger partial charge >= 0.3 is 6.09 Å². The molecule has 0 saturated heterocycles. The van der Waals surface area contributed by atoms with Crippen LogP contribution in [0.3, 0.4) is 0 Å². The van der Waals surface area contributed by atoms with Crippen molar-refractivity contribution in [2.75, 3.05) is 14.2 Å². The SMILES string of the molecule is CCC[C@](OC)(OC(=O)NC)c1ccccc1I. The molecule has 5 heteroatoms. The van der Waals surface area contributed by atoms with Gasteiger partial charge in [0.1, 0.15) is 0 Å². The van der Waals surface area contributed by atoms with Crippen molar-refractivity contribution in [3.05, 3.63) is 33.4 Å². The molecule has 0 unspecified atom stereocenters. The lowest BCUT2D eigenvalue weighted by molar-refractivity contribution is -0.198. The first-order chi connectivity index (χ1) is 8.59. The Balaban J connectivity index is 3.18. The quantitative estimate of drug-likeness (QED) is 0.646. The third-order valence-corrected chi connectivity index (χ3v) is 3.60. The summed E-state index contributed by atoms with van der Waals surface area (Å²) in [6.45, 7) is 2.02. The van der Waals surface area contributed by atoms with Crippen molar-refractivity contribution in [2.45, 2.75) is 25.6 Å². The second-order valence-electron chi connectivity index (χ2n) is 3.83. The zero-order chi connectivity index (χ0) is 13.6. The summed E-state index contributed by atoms with van der Waals surface area (Å²) in [5.74, 6) is -1.02. The van der Waals surface area contributed by atoms with Crippen molar-refractivity contribution >= 4 is 28.7 Å². The van der Waals surface area contributed by atoms with E-state index < -0.39 is 11.9 Å². The molecule has 0 aliphatic carbocycles. The smallest absolute Gasteiger partial charge is 0.409 e. The van der Waals surface area contributed by atoms with Crippen LogP contribution in [0.2, 0.25) is 0 Å². The number of carbonyl (C=O) groups excluding carboxylic acids is 1. The highest BCUT2D eigenvalue weighted by molar-refractivity contribution is 14.1. The summed E-state index contributed by atoms with van der Waals surface area (Å²) < 4.78 is 12.0. The molecule has 1 aromatic carbocycles. The van der Waals surface area contributed by atoms with Crippen molar-refractivity contribution in [2.24, 2.45) is 0 Å². The Morgan fingerprint density at radius 1 is 1.44 bits per heavy atom. The van der Waals surface area contributed by atoms with Crippen LogP contribution in [0.4, 0.5) is 4.79 Å². The number of nitrogens with one attached hydrogen (secondary N) is 1. The maximum absolute atomic E-state index is 11.5. The van der Waals surface area contributed by atoms with Crippen LogP contribution in [-0.4, -0.2) is 20.3 Å². The van der Waals surface area contributed by atoms with Crippen LogP contribution in [0.1, 0.15) is 25.3 Å². The van der Waals surface area contributed by atoms with E-state index in [2.05, 4.69) is 27.9 Å². The van der Waals surface area contributed by atoms with E-state index >= 15 is 0 Å². The summed E-state index contributed by atoms with van der Waals surface area (Å²) in [4.78, 5) is 11.5. The fourth-order valence-electron chi connectivity index (χ4n) is 1.79.